The minimum atomic E-state index is -1.24. The minimum Gasteiger partial charge on any atom is -0.394 e. The number of amides is 3. The minimum absolute atomic E-state index is 0.205. The standard InChI is InChI=1S/C36H44BrN3O5/c1-6-18-38(22-25-16-12-9-13-17-25)32(42)28-29-33(43)40(26(23-41)20-24-14-10-8-11-15-24)31(36(29)21-27(37)30(28)45-36)34(44)39(19-7-2)35(3,4)5/h6-17,26-31,41H,1-2,18-23H2,3-5H3/t26-,27?,28+,29+,30+,31?,36?/m1/s1. The van der Waals surface area contributed by atoms with Crippen molar-refractivity contribution in [1.29, 1.82) is 0 Å². The molecular formula is C36H44BrN3O5. The van der Waals surface area contributed by atoms with E-state index in [1.165, 1.54) is 0 Å². The SMILES string of the molecule is C=CCN(Cc1ccccc1)C(=O)[C@H]1[C@H]2C(=O)N([C@@H](CO)Cc3ccccc3)C(C(=O)N(CC=C)C(C)(C)C)C23CC(Br)[C@@H]1O3. The maximum atomic E-state index is 14.8. The third-order valence-electron chi connectivity index (χ3n) is 9.43. The Labute approximate surface area is 274 Å². The molecule has 3 saturated heterocycles. The average Bonchev–Trinajstić information content (AvgIpc) is 3.61. The smallest absolute Gasteiger partial charge is 0.249 e. The molecule has 3 aliphatic heterocycles. The van der Waals surface area contributed by atoms with Crippen LogP contribution in [0.15, 0.2) is 86.0 Å². The van der Waals surface area contributed by atoms with E-state index in [9.17, 15) is 19.5 Å². The highest BCUT2D eigenvalue weighted by atomic mass is 79.9. The number of hydrogen-bond donors (Lipinski definition) is 1. The first-order valence-corrected chi connectivity index (χ1v) is 16.5. The van der Waals surface area contributed by atoms with Crippen LogP contribution in [0.1, 0.15) is 38.3 Å². The lowest BCUT2D eigenvalue weighted by atomic mass is 9.70. The number of ether oxygens (including phenoxy) is 1. The number of likely N-dealkylation sites (tertiary alicyclic amines) is 1. The summed E-state index contributed by atoms with van der Waals surface area (Å²) >= 11 is 3.79. The van der Waals surface area contributed by atoms with E-state index in [1.54, 1.807) is 26.9 Å². The van der Waals surface area contributed by atoms with Crippen LogP contribution in [0, 0.1) is 11.8 Å². The van der Waals surface area contributed by atoms with Crippen molar-refractivity contribution >= 4 is 33.7 Å². The quantitative estimate of drug-likeness (QED) is 0.266. The van der Waals surface area contributed by atoms with Crippen molar-refractivity contribution in [3.8, 4) is 0 Å². The molecule has 0 aromatic heterocycles. The van der Waals surface area contributed by atoms with Crippen molar-refractivity contribution in [1.82, 2.24) is 14.7 Å². The summed E-state index contributed by atoms with van der Waals surface area (Å²) in [4.78, 5) is 48.9. The van der Waals surface area contributed by atoms with E-state index in [0.29, 0.717) is 25.9 Å². The Morgan fingerprint density at radius 2 is 1.64 bits per heavy atom. The second-order valence-corrected chi connectivity index (χ2v) is 14.5. The van der Waals surface area contributed by atoms with Crippen molar-refractivity contribution < 1.29 is 24.2 Å². The first-order chi connectivity index (χ1) is 21.5. The van der Waals surface area contributed by atoms with Crippen LogP contribution in [0.3, 0.4) is 0 Å². The van der Waals surface area contributed by atoms with Crippen LogP contribution in [0.5, 0.6) is 0 Å². The van der Waals surface area contributed by atoms with Gasteiger partial charge in [-0.1, -0.05) is 88.7 Å². The summed E-state index contributed by atoms with van der Waals surface area (Å²) in [6.07, 6.45) is 3.51. The normalized spacial score (nSPS) is 27.6. The molecule has 3 fully saturated rings. The zero-order chi connectivity index (χ0) is 32.5. The number of carbonyl (C=O) groups excluding carboxylic acids is 3. The van der Waals surface area contributed by atoms with E-state index in [2.05, 4.69) is 29.1 Å². The lowest BCUT2D eigenvalue weighted by molar-refractivity contribution is -0.154. The number of carbonyl (C=O) groups is 3. The molecule has 240 valence electrons. The summed E-state index contributed by atoms with van der Waals surface area (Å²) in [5.74, 6) is -2.49. The molecule has 1 spiro atoms. The summed E-state index contributed by atoms with van der Waals surface area (Å²) < 4.78 is 6.79. The zero-order valence-corrected chi connectivity index (χ0v) is 27.9. The molecule has 0 aliphatic carbocycles. The van der Waals surface area contributed by atoms with Gasteiger partial charge in [-0.3, -0.25) is 14.4 Å². The van der Waals surface area contributed by atoms with Crippen LogP contribution < -0.4 is 0 Å². The highest BCUT2D eigenvalue weighted by molar-refractivity contribution is 9.09. The molecule has 7 atom stereocenters. The monoisotopic (exact) mass is 677 g/mol. The second-order valence-electron chi connectivity index (χ2n) is 13.3. The van der Waals surface area contributed by atoms with Gasteiger partial charge < -0.3 is 24.5 Å². The molecule has 3 aliphatic rings. The van der Waals surface area contributed by atoms with Gasteiger partial charge in [0.15, 0.2) is 0 Å². The van der Waals surface area contributed by atoms with Crippen molar-refractivity contribution in [2.24, 2.45) is 11.8 Å². The topological polar surface area (TPSA) is 90.4 Å². The van der Waals surface area contributed by atoms with Crippen molar-refractivity contribution in [2.75, 3.05) is 19.7 Å². The number of alkyl halides is 1. The van der Waals surface area contributed by atoms with Gasteiger partial charge in [-0.15, -0.1) is 13.2 Å². The molecule has 45 heavy (non-hydrogen) atoms. The molecule has 8 nitrogen and oxygen atoms in total. The second kappa shape index (κ2) is 13.2. The Balaban J connectivity index is 1.60. The van der Waals surface area contributed by atoms with Gasteiger partial charge in [0.05, 0.1) is 30.6 Å². The first kappa shape index (κ1) is 33.1. The number of hydrogen-bond acceptors (Lipinski definition) is 5. The van der Waals surface area contributed by atoms with Crippen molar-refractivity contribution in [3.05, 3.63) is 97.1 Å². The van der Waals surface area contributed by atoms with E-state index in [-0.39, 0.29) is 35.7 Å². The number of fused-ring (bicyclic) bond motifs is 1. The molecule has 2 aromatic rings. The summed E-state index contributed by atoms with van der Waals surface area (Å²) in [7, 11) is 0. The fraction of sp³-hybridized carbons (Fsp3) is 0.472. The summed E-state index contributed by atoms with van der Waals surface area (Å²) in [6.45, 7) is 14.2. The highest BCUT2D eigenvalue weighted by Gasteiger charge is 2.77. The Kier molecular flexibility index (Phi) is 9.73. The molecule has 2 aromatic carbocycles. The maximum Gasteiger partial charge on any atom is 0.249 e. The molecular weight excluding hydrogens is 634 g/mol. The maximum absolute atomic E-state index is 14.8. The van der Waals surface area contributed by atoms with Crippen LogP contribution in [0.2, 0.25) is 0 Å². The molecule has 3 unspecified atom stereocenters. The van der Waals surface area contributed by atoms with E-state index in [4.69, 9.17) is 4.74 Å². The Morgan fingerprint density at radius 1 is 1.04 bits per heavy atom. The third-order valence-corrected chi connectivity index (χ3v) is 10.3. The molecule has 2 bridgehead atoms. The Hall–Kier alpha value is -3.27. The predicted molar refractivity (Wildman–Crippen MR) is 177 cm³/mol. The van der Waals surface area contributed by atoms with Gasteiger partial charge in [0.25, 0.3) is 0 Å². The Bertz CT molecular complexity index is 1410. The molecule has 0 saturated carbocycles. The molecule has 3 heterocycles. The molecule has 1 N–H and O–H groups in total. The molecule has 3 amide bonds. The summed E-state index contributed by atoms with van der Waals surface area (Å²) in [5.41, 5.74) is 0.0658. The van der Waals surface area contributed by atoms with Crippen LogP contribution in [0.25, 0.3) is 0 Å². The number of aliphatic hydroxyl groups is 1. The van der Waals surface area contributed by atoms with E-state index < -0.39 is 41.2 Å². The van der Waals surface area contributed by atoms with Gasteiger partial charge in [0.2, 0.25) is 17.7 Å². The van der Waals surface area contributed by atoms with E-state index in [1.807, 2.05) is 81.4 Å². The largest absolute Gasteiger partial charge is 0.394 e. The molecule has 0 radical (unpaired) electrons. The highest BCUT2D eigenvalue weighted by Crippen LogP contribution is 2.61. The number of aliphatic hydroxyl groups excluding tert-OH is 1. The lowest BCUT2D eigenvalue weighted by Crippen LogP contribution is -2.62. The van der Waals surface area contributed by atoms with Gasteiger partial charge in [0.1, 0.15) is 11.6 Å². The number of benzene rings is 2. The Morgan fingerprint density at radius 3 is 2.20 bits per heavy atom. The molecule has 9 heteroatoms. The lowest BCUT2D eigenvalue weighted by Gasteiger charge is -2.43. The van der Waals surface area contributed by atoms with Gasteiger partial charge in [0, 0.05) is 30.0 Å². The fourth-order valence-corrected chi connectivity index (χ4v) is 8.48. The average molecular weight is 679 g/mol. The van der Waals surface area contributed by atoms with Crippen molar-refractivity contribution in [2.45, 2.75) is 74.3 Å². The first-order valence-electron chi connectivity index (χ1n) is 15.6. The summed E-state index contributed by atoms with van der Waals surface area (Å²) in [6, 6.07) is 17.6. The van der Waals surface area contributed by atoms with E-state index >= 15 is 0 Å². The number of nitrogens with zero attached hydrogens (tertiary/aromatic N) is 3. The molecule has 5 rings (SSSR count). The number of halogens is 1. The number of rotatable bonds is 12. The van der Waals surface area contributed by atoms with E-state index in [0.717, 1.165) is 11.1 Å². The van der Waals surface area contributed by atoms with Gasteiger partial charge in [-0.2, -0.15) is 0 Å². The van der Waals surface area contributed by atoms with Crippen LogP contribution in [0.4, 0.5) is 0 Å². The van der Waals surface area contributed by atoms with Crippen LogP contribution in [-0.4, -0.2) is 91.4 Å². The van der Waals surface area contributed by atoms with Gasteiger partial charge >= 0.3 is 0 Å². The predicted octanol–water partition coefficient (Wildman–Crippen LogP) is 4.37. The zero-order valence-electron chi connectivity index (χ0n) is 26.3. The van der Waals surface area contributed by atoms with Gasteiger partial charge in [-0.25, -0.2) is 0 Å². The summed E-state index contributed by atoms with van der Waals surface area (Å²) in [5, 5.41) is 10.8. The van der Waals surface area contributed by atoms with Crippen molar-refractivity contribution in [3.63, 3.8) is 0 Å². The third kappa shape index (κ3) is 6.02. The van der Waals surface area contributed by atoms with Crippen LogP contribution >= 0.6 is 15.9 Å². The fourth-order valence-electron chi connectivity index (χ4n) is 7.53. The van der Waals surface area contributed by atoms with Crippen LogP contribution in [-0.2, 0) is 32.1 Å². The van der Waals surface area contributed by atoms with Gasteiger partial charge in [-0.05, 0) is 44.7 Å².